The number of carbonyl (C=O) groups excluding carboxylic acids is 2. The van der Waals surface area contributed by atoms with E-state index >= 15 is 0 Å². The molecule has 1 aliphatic carbocycles. The number of carbonyl (C=O) groups is 2. The van der Waals surface area contributed by atoms with Crippen LogP contribution in [-0.4, -0.2) is 39.7 Å². The summed E-state index contributed by atoms with van der Waals surface area (Å²) in [5.74, 6) is -0.0539. The zero-order valence-electron chi connectivity index (χ0n) is 23.3. The molecule has 2 aromatic heterocycles. The molecule has 41 heavy (non-hydrogen) atoms. The maximum Gasteiger partial charge on any atom is 0.242 e. The van der Waals surface area contributed by atoms with Gasteiger partial charge in [-0.1, -0.05) is 67.4 Å². The second-order valence-electron chi connectivity index (χ2n) is 11.1. The second kappa shape index (κ2) is 12.0. The van der Waals surface area contributed by atoms with Crippen molar-refractivity contribution in [2.24, 2.45) is 11.3 Å². The van der Waals surface area contributed by atoms with Crippen molar-refractivity contribution in [3.05, 3.63) is 100 Å². The molecule has 2 aromatic carbocycles. The zero-order chi connectivity index (χ0) is 29.1. The number of hydrogen-bond donors (Lipinski definition) is 2. The van der Waals surface area contributed by atoms with E-state index in [-0.39, 0.29) is 29.1 Å². The first-order chi connectivity index (χ1) is 19.7. The van der Waals surface area contributed by atoms with E-state index in [1.165, 1.54) is 0 Å². The predicted octanol–water partition coefficient (Wildman–Crippen LogP) is 6.23. The van der Waals surface area contributed by atoms with Crippen LogP contribution in [0.15, 0.2) is 79.1 Å². The Morgan fingerprint density at radius 3 is 2.49 bits per heavy atom. The van der Waals surface area contributed by atoms with E-state index in [1.54, 1.807) is 25.5 Å². The average molecular weight is 591 g/mol. The summed E-state index contributed by atoms with van der Waals surface area (Å²) in [6.45, 7) is 4.38. The van der Waals surface area contributed by atoms with Crippen LogP contribution in [0.25, 0.3) is 16.9 Å². The molecule has 1 aliphatic rings. The van der Waals surface area contributed by atoms with Gasteiger partial charge in [0.25, 0.3) is 0 Å². The molecule has 0 bridgehead atoms. The van der Waals surface area contributed by atoms with Gasteiger partial charge in [-0.15, -0.1) is 0 Å². The zero-order valence-corrected chi connectivity index (χ0v) is 24.8. The van der Waals surface area contributed by atoms with Gasteiger partial charge in [0.2, 0.25) is 11.8 Å². The Morgan fingerprint density at radius 2 is 1.83 bits per heavy atom. The molecule has 0 radical (unpaired) electrons. The van der Waals surface area contributed by atoms with Crippen LogP contribution in [0.4, 0.5) is 0 Å². The Morgan fingerprint density at radius 1 is 1.05 bits per heavy atom. The van der Waals surface area contributed by atoms with E-state index in [0.717, 1.165) is 34.6 Å². The first kappa shape index (κ1) is 28.8. The van der Waals surface area contributed by atoms with Crippen molar-refractivity contribution in [3.63, 3.8) is 0 Å². The highest BCUT2D eigenvalue weighted by Crippen LogP contribution is 2.58. The second-order valence-corrected chi connectivity index (χ2v) is 12.0. The van der Waals surface area contributed by atoms with Crippen LogP contribution in [0.3, 0.4) is 0 Å². The number of benzene rings is 2. The molecule has 0 saturated heterocycles. The number of nitrogens with one attached hydrogen (secondary N) is 2. The fourth-order valence-electron chi connectivity index (χ4n) is 5.70. The fourth-order valence-corrected chi connectivity index (χ4v) is 5.99. The van der Waals surface area contributed by atoms with Crippen LogP contribution in [0.2, 0.25) is 10.0 Å². The molecular weight excluding hydrogens is 557 g/mol. The number of hydrogen-bond acceptors (Lipinski definition) is 4. The highest BCUT2D eigenvalue weighted by molar-refractivity contribution is 6.42. The van der Waals surface area contributed by atoms with Gasteiger partial charge in [0, 0.05) is 49.5 Å². The van der Waals surface area contributed by atoms with Crippen molar-refractivity contribution in [1.82, 2.24) is 25.4 Å². The van der Waals surface area contributed by atoms with Gasteiger partial charge >= 0.3 is 0 Å². The Balaban J connectivity index is 1.35. The molecule has 2 amide bonds. The van der Waals surface area contributed by atoms with Gasteiger partial charge in [-0.05, 0) is 59.7 Å². The maximum atomic E-state index is 13.2. The summed E-state index contributed by atoms with van der Waals surface area (Å²) < 4.78 is 1.93. The number of pyridine rings is 1. The maximum absolute atomic E-state index is 13.2. The molecule has 5 rings (SSSR count). The lowest BCUT2D eigenvalue weighted by molar-refractivity contribution is -0.131. The third-order valence-corrected chi connectivity index (χ3v) is 9.02. The van der Waals surface area contributed by atoms with E-state index in [2.05, 4.69) is 35.5 Å². The van der Waals surface area contributed by atoms with Crippen molar-refractivity contribution < 1.29 is 9.59 Å². The van der Waals surface area contributed by atoms with Gasteiger partial charge in [0.15, 0.2) is 0 Å². The van der Waals surface area contributed by atoms with Crippen LogP contribution < -0.4 is 10.6 Å². The molecule has 0 unspecified atom stereocenters. The summed E-state index contributed by atoms with van der Waals surface area (Å²) >= 11 is 12.6. The minimum Gasteiger partial charge on any atom is -0.357 e. The highest BCUT2D eigenvalue weighted by Gasteiger charge is 2.50. The molecule has 1 fully saturated rings. The summed E-state index contributed by atoms with van der Waals surface area (Å²) in [5, 5.41) is 11.5. The van der Waals surface area contributed by atoms with Crippen molar-refractivity contribution in [2.45, 2.75) is 45.1 Å². The topological polar surface area (TPSA) is 88.9 Å². The molecule has 1 saturated carbocycles. The number of halogens is 2. The van der Waals surface area contributed by atoms with E-state index in [0.29, 0.717) is 22.9 Å². The predicted molar refractivity (Wildman–Crippen MR) is 162 cm³/mol. The van der Waals surface area contributed by atoms with Gasteiger partial charge in [-0.3, -0.25) is 14.6 Å². The third-order valence-electron chi connectivity index (χ3n) is 8.28. The average Bonchev–Trinajstić information content (AvgIpc) is 3.41. The number of rotatable bonds is 9. The third kappa shape index (κ3) is 6.16. The van der Waals surface area contributed by atoms with E-state index < -0.39 is 6.04 Å². The monoisotopic (exact) mass is 589 g/mol. The minimum absolute atomic E-state index is 0.125. The van der Waals surface area contributed by atoms with Gasteiger partial charge in [-0.2, -0.15) is 5.10 Å². The normalized spacial score (nSPS) is 18.3. The Kier molecular flexibility index (Phi) is 8.47. The Labute approximate surface area is 250 Å². The standard InChI is InChI=1S/C32H33Cl2N5O2/c1-32(2)22(16-30(40)37-28(31(41)35-3)14-20-8-5-4-6-9-20)15-24(32)29-18-27(21-10-7-13-36-19-21)38-39(29)23-11-12-25(33)26(34)17-23/h4-13,17-19,22,24,28H,14-16H2,1-3H3,(H,35,41)(H,37,40)/t22-,24-,28+/m1/s1. The molecular formula is C32H33Cl2N5O2. The van der Waals surface area contributed by atoms with Crippen LogP contribution in [0.1, 0.15) is 43.9 Å². The van der Waals surface area contributed by atoms with Gasteiger partial charge < -0.3 is 10.6 Å². The van der Waals surface area contributed by atoms with Gasteiger partial charge in [-0.25, -0.2) is 4.68 Å². The molecule has 212 valence electrons. The van der Waals surface area contributed by atoms with E-state index in [4.69, 9.17) is 28.3 Å². The summed E-state index contributed by atoms with van der Waals surface area (Å²) in [5.41, 5.74) is 4.38. The Bertz CT molecular complexity index is 1540. The number of amides is 2. The van der Waals surface area contributed by atoms with Crippen molar-refractivity contribution in [3.8, 4) is 16.9 Å². The highest BCUT2D eigenvalue weighted by atomic mass is 35.5. The van der Waals surface area contributed by atoms with Crippen LogP contribution in [0.5, 0.6) is 0 Å². The summed E-state index contributed by atoms with van der Waals surface area (Å²) in [6, 6.07) is 20.5. The van der Waals surface area contributed by atoms with Crippen LogP contribution in [0, 0.1) is 11.3 Å². The lowest BCUT2D eigenvalue weighted by atomic mass is 9.52. The van der Waals surface area contributed by atoms with Crippen LogP contribution >= 0.6 is 23.2 Å². The molecule has 2 N–H and O–H groups in total. The van der Waals surface area contributed by atoms with Gasteiger partial charge in [0.1, 0.15) is 6.04 Å². The van der Waals surface area contributed by atoms with Gasteiger partial charge in [0.05, 0.1) is 21.4 Å². The van der Waals surface area contributed by atoms with Crippen molar-refractivity contribution in [1.29, 1.82) is 0 Å². The first-order valence-corrected chi connectivity index (χ1v) is 14.4. The molecule has 3 atom stereocenters. The summed E-state index contributed by atoms with van der Waals surface area (Å²) in [7, 11) is 1.59. The number of nitrogens with zero attached hydrogens (tertiary/aromatic N) is 3. The fraction of sp³-hybridized carbons (Fsp3) is 0.312. The lowest BCUT2D eigenvalue weighted by Crippen LogP contribution is -2.50. The number of likely N-dealkylation sites (N-methyl/N-ethyl adjacent to an activating group) is 1. The molecule has 9 heteroatoms. The SMILES string of the molecule is CNC(=O)[C@H](Cc1ccccc1)NC(=O)C[C@H]1C[C@H](c2cc(-c3cccnc3)nn2-c2ccc(Cl)c(Cl)c2)C1(C)C. The molecule has 2 heterocycles. The first-order valence-electron chi connectivity index (χ1n) is 13.7. The lowest BCUT2D eigenvalue weighted by Gasteiger charge is -2.52. The largest absolute Gasteiger partial charge is 0.357 e. The Hall–Kier alpha value is -3.68. The minimum atomic E-state index is -0.632. The molecule has 0 aliphatic heterocycles. The quantitative estimate of drug-likeness (QED) is 0.242. The smallest absolute Gasteiger partial charge is 0.242 e. The van der Waals surface area contributed by atoms with Crippen molar-refractivity contribution >= 4 is 35.0 Å². The number of aromatic nitrogens is 3. The van der Waals surface area contributed by atoms with Crippen molar-refractivity contribution in [2.75, 3.05) is 7.05 Å². The molecule has 7 nitrogen and oxygen atoms in total. The summed E-state index contributed by atoms with van der Waals surface area (Å²) in [6.07, 6.45) is 5.11. The molecule has 0 spiro atoms. The van der Waals surface area contributed by atoms with Crippen LogP contribution in [-0.2, 0) is 16.0 Å². The summed E-state index contributed by atoms with van der Waals surface area (Å²) in [4.78, 5) is 30.0. The van der Waals surface area contributed by atoms with E-state index in [9.17, 15) is 9.59 Å². The molecule has 4 aromatic rings. The van der Waals surface area contributed by atoms with E-state index in [1.807, 2.05) is 59.3 Å².